The van der Waals surface area contributed by atoms with Crippen LogP contribution in [0.1, 0.15) is 37.0 Å². The molecule has 0 radical (unpaired) electrons. The summed E-state index contributed by atoms with van der Waals surface area (Å²) in [5, 5.41) is 11.4. The number of allylic oxidation sites excluding steroid dienone is 4. The quantitative estimate of drug-likeness (QED) is 0.228. The summed E-state index contributed by atoms with van der Waals surface area (Å²) in [5.74, 6) is -0.740. The van der Waals surface area contributed by atoms with Crippen molar-refractivity contribution < 1.29 is 22.9 Å². The summed E-state index contributed by atoms with van der Waals surface area (Å²) in [6, 6.07) is 14.4. The van der Waals surface area contributed by atoms with Gasteiger partial charge in [0.1, 0.15) is 6.54 Å². The molecule has 4 rings (SSSR count). The Bertz CT molecular complexity index is 1630. The van der Waals surface area contributed by atoms with Crippen LogP contribution in [0, 0.1) is 13.8 Å². The molecule has 0 saturated heterocycles. The molecule has 0 bridgehead atoms. The van der Waals surface area contributed by atoms with Crippen LogP contribution in [0.25, 0.3) is 17.0 Å². The van der Waals surface area contributed by atoms with Crippen LogP contribution in [0.3, 0.4) is 0 Å². The summed E-state index contributed by atoms with van der Waals surface area (Å²) in [6.45, 7) is 8.74. The highest BCUT2D eigenvalue weighted by molar-refractivity contribution is 8.03. The van der Waals surface area contributed by atoms with E-state index in [4.69, 9.17) is 0 Å². The van der Waals surface area contributed by atoms with Gasteiger partial charge in [-0.05, 0) is 62.6 Å². The summed E-state index contributed by atoms with van der Waals surface area (Å²) in [7, 11) is -3.25. The number of pyridine rings is 1. The highest BCUT2D eigenvalue weighted by atomic mass is 32.2. The number of aromatic nitrogens is 1. The Morgan fingerprint density at radius 2 is 1.88 bits per heavy atom. The number of fused-ring (bicyclic) bond motifs is 2. The van der Waals surface area contributed by atoms with E-state index < -0.39 is 16.0 Å². The van der Waals surface area contributed by atoms with Crippen molar-refractivity contribution >= 4 is 50.4 Å². The minimum Gasteiger partial charge on any atom is -0.480 e. The number of aliphatic carboxylic acids is 1. The molecule has 0 aliphatic carbocycles. The van der Waals surface area contributed by atoms with E-state index in [1.54, 1.807) is 11.8 Å². The fourth-order valence-electron chi connectivity index (χ4n) is 4.59. The van der Waals surface area contributed by atoms with Crippen molar-refractivity contribution in [1.29, 1.82) is 0 Å². The second kappa shape index (κ2) is 12.8. The second-order valence-corrected chi connectivity index (χ2v) is 13.0. The first kappa shape index (κ1) is 29.6. The number of anilines is 1. The van der Waals surface area contributed by atoms with Crippen LogP contribution in [0.5, 0.6) is 0 Å². The number of thioether (sulfide) groups is 1. The van der Waals surface area contributed by atoms with Crippen molar-refractivity contribution in [2.45, 2.75) is 45.6 Å². The Morgan fingerprint density at radius 3 is 2.62 bits per heavy atom. The normalized spacial score (nSPS) is 14.9. The maximum absolute atomic E-state index is 12.0. The van der Waals surface area contributed by atoms with E-state index in [9.17, 15) is 18.3 Å². The zero-order valence-corrected chi connectivity index (χ0v) is 25.0. The molecular weight excluding hydrogens is 542 g/mol. The minimum absolute atomic E-state index is 0.0902. The Labute approximate surface area is 241 Å². The fourth-order valence-corrected chi connectivity index (χ4v) is 6.84. The number of carboxylic acids is 1. The lowest BCUT2D eigenvalue weighted by Gasteiger charge is -2.17. The Balaban J connectivity index is 1.55. The number of sulfonamides is 1. The molecule has 7 nitrogen and oxygen atoms in total. The van der Waals surface area contributed by atoms with Crippen molar-refractivity contribution in [2.75, 3.05) is 23.7 Å². The van der Waals surface area contributed by atoms with E-state index in [1.807, 2.05) is 62.2 Å². The molecule has 0 saturated carbocycles. The predicted molar refractivity (Wildman–Crippen MR) is 164 cm³/mol. The molecule has 3 aromatic rings. The molecule has 2 aromatic carbocycles. The Kier molecular flexibility index (Phi) is 9.50. The molecule has 210 valence electrons. The number of nitrogens with zero attached hydrogens (tertiary/aromatic N) is 2. The number of hydrogen-bond acceptors (Lipinski definition) is 5. The van der Waals surface area contributed by atoms with Crippen LogP contribution in [0.2, 0.25) is 0 Å². The lowest BCUT2D eigenvalue weighted by molar-refractivity contribution is -0.669. The largest absolute Gasteiger partial charge is 0.480 e. The third-order valence-electron chi connectivity index (χ3n) is 6.55. The first-order valence-corrected chi connectivity index (χ1v) is 15.8. The molecule has 1 aromatic heterocycles. The SMILES string of the molecule is CCCS(=O)(=O)NCC[n+]1ccc(/C=C/C(C)=C/C=C2\Sc3cc(C)ccc3N2CC(=O)O)c2cc(C)ccc21. The first-order valence-electron chi connectivity index (χ1n) is 13.3. The van der Waals surface area contributed by atoms with Gasteiger partial charge in [0.15, 0.2) is 12.7 Å². The number of hydrogen-bond donors (Lipinski definition) is 2. The molecule has 0 unspecified atom stereocenters. The van der Waals surface area contributed by atoms with Crippen LogP contribution < -0.4 is 14.2 Å². The Hall–Kier alpha value is -3.40. The Morgan fingerprint density at radius 1 is 1.12 bits per heavy atom. The monoisotopic (exact) mass is 578 g/mol. The molecule has 1 aliphatic heterocycles. The summed E-state index contributed by atoms with van der Waals surface area (Å²) < 4.78 is 28.8. The van der Waals surface area contributed by atoms with Crippen LogP contribution >= 0.6 is 11.8 Å². The van der Waals surface area contributed by atoms with Crippen molar-refractivity contribution in [3.05, 3.63) is 94.2 Å². The molecule has 40 heavy (non-hydrogen) atoms. The van der Waals surface area contributed by atoms with Gasteiger partial charge in [0.25, 0.3) is 0 Å². The van der Waals surface area contributed by atoms with Crippen molar-refractivity contribution in [1.82, 2.24) is 4.72 Å². The van der Waals surface area contributed by atoms with E-state index in [2.05, 4.69) is 52.6 Å². The average Bonchev–Trinajstić information content (AvgIpc) is 3.22. The predicted octanol–water partition coefficient (Wildman–Crippen LogP) is 5.57. The van der Waals surface area contributed by atoms with Crippen molar-refractivity contribution in [3.63, 3.8) is 0 Å². The van der Waals surface area contributed by atoms with Gasteiger partial charge in [-0.1, -0.05) is 60.2 Å². The second-order valence-electron chi connectivity index (χ2n) is 10.0. The third-order valence-corrected chi connectivity index (χ3v) is 9.25. The zero-order chi connectivity index (χ0) is 28.9. The van der Waals surface area contributed by atoms with Gasteiger partial charge in [-0.15, -0.1) is 0 Å². The fraction of sp³-hybridized carbons (Fsp3) is 0.290. The number of benzene rings is 2. The van der Waals surface area contributed by atoms with Gasteiger partial charge in [0.05, 0.1) is 28.4 Å². The van der Waals surface area contributed by atoms with Gasteiger partial charge in [-0.2, -0.15) is 4.57 Å². The third kappa shape index (κ3) is 7.41. The number of carboxylic acid groups (broad SMARTS) is 1. The van der Waals surface area contributed by atoms with E-state index in [-0.39, 0.29) is 12.3 Å². The standard InChI is InChI=1S/C31H35N3O4S2/c1-5-18-40(37,38)32-15-17-33-16-14-25(26-19-23(3)7-11-27(26)33)10-6-22(2)9-13-30-34(21-31(35)36)28-12-8-24(4)20-29(28)39-30/h6-14,16,19-20,32H,5,15,17-18,21H2,1-4H3/p+1. The summed E-state index contributed by atoms with van der Waals surface area (Å²) >= 11 is 1.58. The summed E-state index contributed by atoms with van der Waals surface area (Å²) in [6.07, 6.45) is 10.7. The van der Waals surface area contributed by atoms with E-state index in [1.165, 1.54) is 0 Å². The highest BCUT2D eigenvalue weighted by Gasteiger charge is 2.26. The van der Waals surface area contributed by atoms with Gasteiger partial charge >= 0.3 is 5.97 Å². The molecular formula is C31H36N3O4S2+. The molecule has 9 heteroatoms. The van der Waals surface area contributed by atoms with E-state index >= 15 is 0 Å². The van der Waals surface area contributed by atoms with Crippen LogP contribution in [-0.2, 0) is 21.4 Å². The van der Waals surface area contributed by atoms with E-state index in [0.717, 1.165) is 48.8 Å². The maximum atomic E-state index is 12.0. The molecule has 2 N–H and O–H groups in total. The van der Waals surface area contributed by atoms with E-state index in [0.29, 0.717) is 19.5 Å². The number of carbonyl (C=O) groups is 1. The van der Waals surface area contributed by atoms with Gasteiger partial charge in [0, 0.05) is 17.0 Å². The molecule has 1 aliphatic rings. The molecule has 0 atom stereocenters. The molecule has 0 spiro atoms. The lowest BCUT2D eigenvalue weighted by atomic mass is 10.0. The number of nitrogens with one attached hydrogen (secondary N) is 1. The summed E-state index contributed by atoms with van der Waals surface area (Å²) in [5.41, 5.74) is 6.33. The van der Waals surface area contributed by atoms with Crippen LogP contribution in [0.4, 0.5) is 5.69 Å². The van der Waals surface area contributed by atoms with Crippen LogP contribution in [-0.4, -0.2) is 38.3 Å². The van der Waals surface area contributed by atoms with Crippen LogP contribution in [0.15, 0.2) is 82.4 Å². The smallest absolute Gasteiger partial charge is 0.323 e. The van der Waals surface area contributed by atoms with Gasteiger partial charge in [-0.25, -0.2) is 13.1 Å². The number of aryl methyl sites for hydroxylation is 2. The average molecular weight is 579 g/mol. The molecule has 0 amide bonds. The van der Waals surface area contributed by atoms with Crippen molar-refractivity contribution in [2.24, 2.45) is 0 Å². The lowest BCUT2D eigenvalue weighted by Crippen LogP contribution is -2.41. The van der Waals surface area contributed by atoms with Gasteiger partial charge in [-0.3, -0.25) is 4.79 Å². The van der Waals surface area contributed by atoms with Gasteiger partial charge in [0.2, 0.25) is 15.5 Å². The summed E-state index contributed by atoms with van der Waals surface area (Å²) in [4.78, 5) is 14.4. The van der Waals surface area contributed by atoms with Crippen molar-refractivity contribution in [3.8, 4) is 0 Å². The topological polar surface area (TPSA) is 90.6 Å². The van der Waals surface area contributed by atoms with Gasteiger partial charge < -0.3 is 10.0 Å². The molecule has 0 fully saturated rings. The minimum atomic E-state index is -3.25. The maximum Gasteiger partial charge on any atom is 0.323 e. The first-order chi connectivity index (χ1) is 19.1. The zero-order valence-electron chi connectivity index (χ0n) is 23.3. The highest BCUT2D eigenvalue weighted by Crippen LogP contribution is 2.46. The number of rotatable bonds is 11. The molecule has 2 heterocycles.